The minimum Gasteiger partial charge on any atom is -0.466 e. The summed E-state index contributed by atoms with van der Waals surface area (Å²) < 4.78 is 31.8. The summed E-state index contributed by atoms with van der Waals surface area (Å²) >= 11 is 5.97. The first-order chi connectivity index (χ1) is 11.7. The van der Waals surface area contributed by atoms with Gasteiger partial charge in [-0.2, -0.15) is 4.31 Å². The van der Waals surface area contributed by atoms with Gasteiger partial charge in [-0.05, 0) is 32.8 Å². The topological polar surface area (TPSA) is 107 Å². The highest BCUT2D eigenvalue weighted by atomic mass is 35.5. The monoisotopic (exact) mass is 390 g/mol. The van der Waals surface area contributed by atoms with Gasteiger partial charge in [0.1, 0.15) is 0 Å². The Kier molecular flexibility index (Phi) is 6.02. The molecule has 0 spiro atoms. The van der Waals surface area contributed by atoms with Gasteiger partial charge >= 0.3 is 5.97 Å². The zero-order valence-corrected chi connectivity index (χ0v) is 15.5. The molecule has 10 heteroatoms. The molecule has 1 aliphatic rings. The van der Waals surface area contributed by atoms with E-state index in [9.17, 15) is 23.3 Å². The molecule has 0 aromatic heterocycles. The lowest BCUT2D eigenvalue weighted by molar-refractivity contribution is -0.385. The predicted molar refractivity (Wildman–Crippen MR) is 91.0 cm³/mol. The van der Waals surface area contributed by atoms with Crippen LogP contribution in [0, 0.1) is 23.0 Å². The van der Waals surface area contributed by atoms with E-state index in [4.69, 9.17) is 16.3 Å². The third-order valence-electron chi connectivity index (χ3n) is 4.13. The Labute approximate surface area is 150 Å². The lowest BCUT2D eigenvalue weighted by atomic mass is 10.0. The molecule has 1 aliphatic heterocycles. The number of carbonyl (C=O) groups excluding carboxylic acids is 1. The Morgan fingerprint density at radius 3 is 2.76 bits per heavy atom. The van der Waals surface area contributed by atoms with Crippen molar-refractivity contribution in [2.45, 2.75) is 31.6 Å². The second kappa shape index (κ2) is 7.67. The third kappa shape index (κ3) is 4.10. The number of ether oxygens (including phenoxy) is 1. The van der Waals surface area contributed by atoms with Gasteiger partial charge in [-0.3, -0.25) is 14.9 Å². The summed E-state index contributed by atoms with van der Waals surface area (Å²) in [5.41, 5.74) is -0.154. The molecular formula is C15H19ClN2O6S. The quantitative estimate of drug-likeness (QED) is 0.434. The van der Waals surface area contributed by atoms with Crippen LogP contribution in [-0.2, 0) is 19.6 Å². The maximum Gasteiger partial charge on any atom is 0.310 e. The molecule has 0 unspecified atom stereocenters. The van der Waals surface area contributed by atoms with Gasteiger partial charge in [-0.1, -0.05) is 11.6 Å². The van der Waals surface area contributed by atoms with Gasteiger partial charge in [0.15, 0.2) is 0 Å². The van der Waals surface area contributed by atoms with Gasteiger partial charge in [-0.25, -0.2) is 8.42 Å². The molecule has 2 rings (SSSR count). The van der Waals surface area contributed by atoms with E-state index in [-0.39, 0.29) is 40.9 Å². The van der Waals surface area contributed by atoms with Crippen LogP contribution in [0.5, 0.6) is 0 Å². The molecule has 1 saturated heterocycles. The Balaban J connectivity index is 2.35. The number of benzene rings is 1. The highest BCUT2D eigenvalue weighted by Gasteiger charge is 2.35. The molecule has 0 aliphatic carbocycles. The van der Waals surface area contributed by atoms with E-state index >= 15 is 0 Å². The number of rotatable bonds is 5. The van der Waals surface area contributed by atoms with Crippen LogP contribution in [0.2, 0.25) is 5.02 Å². The molecule has 1 aromatic carbocycles. The zero-order valence-electron chi connectivity index (χ0n) is 13.9. The SMILES string of the molecule is CCOC(=O)[C@@H]1CCCN(S(=O)(=O)c2cc(Cl)c(C)c([N+](=O)[O-])c2)C1. The number of hydrogen-bond donors (Lipinski definition) is 0. The highest BCUT2D eigenvalue weighted by Crippen LogP contribution is 2.32. The molecule has 0 N–H and O–H groups in total. The van der Waals surface area contributed by atoms with E-state index in [1.807, 2.05) is 0 Å². The number of halogens is 1. The molecule has 1 atom stereocenters. The molecule has 1 heterocycles. The average Bonchev–Trinajstić information content (AvgIpc) is 2.57. The van der Waals surface area contributed by atoms with Crippen molar-refractivity contribution < 1.29 is 22.9 Å². The Hall–Kier alpha value is -1.71. The van der Waals surface area contributed by atoms with Crippen molar-refractivity contribution in [3.8, 4) is 0 Å². The number of hydrogen-bond acceptors (Lipinski definition) is 6. The average molecular weight is 391 g/mol. The van der Waals surface area contributed by atoms with E-state index in [1.165, 1.54) is 13.0 Å². The smallest absolute Gasteiger partial charge is 0.310 e. The first-order valence-corrected chi connectivity index (χ1v) is 9.61. The second-order valence-corrected chi connectivity index (χ2v) is 8.11. The second-order valence-electron chi connectivity index (χ2n) is 5.76. The molecule has 0 radical (unpaired) electrons. The van der Waals surface area contributed by atoms with Crippen LogP contribution in [0.25, 0.3) is 0 Å². The molecule has 0 saturated carbocycles. The van der Waals surface area contributed by atoms with E-state index in [0.717, 1.165) is 10.4 Å². The normalized spacial score (nSPS) is 18.8. The van der Waals surface area contributed by atoms with E-state index in [0.29, 0.717) is 12.8 Å². The van der Waals surface area contributed by atoms with E-state index in [1.54, 1.807) is 6.92 Å². The van der Waals surface area contributed by atoms with Gasteiger partial charge in [-0.15, -0.1) is 0 Å². The number of piperidine rings is 1. The van der Waals surface area contributed by atoms with Crippen LogP contribution < -0.4 is 0 Å². The lowest BCUT2D eigenvalue weighted by Gasteiger charge is -2.30. The van der Waals surface area contributed by atoms with E-state index < -0.39 is 26.8 Å². The molecule has 25 heavy (non-hydrogen) atoms. The Morgan fingerprint density at radius 1 is 1.48 bits per heavy atom. The summed E-state index contributed by atoms with van der Waals surface area (Å²) in [6.45, 7) is 3.58. The van der Waals surface area contributed by atoms with Crippen molar-refractivity contribution >= 4 is 33.3 Å². The van der Waals surface area contributed by atoms with E-state index in [2.05, 4.69) is 0 Å². The maximum absolute atomic E-state index is 12.8. The van der Waals surface area contributed by atoms with Crippen molar-refractivity contribution in [1.82, 2.24) is 4.31 Å². The van der Waals surface area contributed by atoms with Crippen molar-refractivity contribution in [2.75, 3.05) is 19.7 Å². The number of nitrogens with zero attached hydrogens (tertiary/aromatic N) is 2. The molecule has 1 aromatic rings. The minimum absolute atomic E-state index is 0.00623. The Bertz CT molecular complexity index is 795. The highest BCUT2D eigenvalue weighted by molar-refractivity contribution is 7.89. The van der Waals surface area contributed by atoms with Crippen LogP contribution in [0.15, 0.2) is 17.0 Å². The first kappa shape index (κ1) is 19.6. The summed E-state index contributed by atoms with van der Waals surface area (Å²) in [5, 5.41) is 11.1. The summed E-state index contributed by atoms with van der Waals surface area (Å²) in [6.07, 6.45) is 1.05. The molecule has 1 fully saturated rings. The van der Waals surface area contributed by atoms with Crippen LogP contribution in [0.3, 0.4) is 0 Å². The standard InChI is InChI=1S/C15H19ClN2O6S/c1-3-24-15(19)11-5-4-6-17(9-11)25(22,23)12-7-13(16)10(2)14(8-12)18(20)21/h7-8,11H,3-6,9H2,1-2H3/t11-/m1/s1. The van der Waals surface area contributed by atoms with Crippen molar-refractivity contribution in [1.29, 1.82) is 0 Å². The Morgan fingerprint density at radius 2 is 2.16 bits per heavy atom. The van der Waals surface area contributed by atoms with Crippen molar-refractivity contribution in [3.05, 3.63) is 32.8 Å². The van der Waals surface area contributed by atoms with Gasteiger partial charge < -0.3 is 4.74 Å². The third-order valence-corrected chi connectivity index (χ3v) is 6.36. The van der Waals surface area contributed by atoms with Crippen molar-refractivity contribution in [3.63, 3.8) is 0 Å². The molecule has 0 amide bonds. The van der Waals surface area contributed by atoms with Gasteiger partial charge in [0.05, 0.1) is 27.4 Å². The van der Waals surface area contributed by atoms with Gasteiger partial charge in [0.25, 0.3) is 5.69 Å². The number of nitro groups is 1. The van der Waals surface area contributed by atoms with Crippen LogP contribution in [-0.4, -0.2) is 43.3 Å². The molecule has 0 bridgehead atoms. The van der Waals surface area contributed by atoms with Crippen LogP contribution in [0.4, 0.5) is 5.69 Å². The molecule has 8 nitrogen and oxygen atoms in total. The fourth-order valence-corrected chi connectivity index (χ4v) is 4.59. The number of esters is 1. The van der Waals surface area contributed by atoms with Crippen LogP contribution >= 0.6 is 11.6 Å². The number of sulfonamides is 1. The number of carbonyl (C=O) groups is 1. The summed E-state index contributed by atoms with van der Waals surface area (Å²) in [4.78, 5) is 22.1. The van der Waals surface area contributed by atoms with Gasteiger partial charge in [0.2, 0.25) is 10.0 Å². The maximum atomic E-state index is 12.8. The summed E-state index contributed by atoms with van der Waals surface area (Å²) in [5.74, 6) is -0.977. The lowest BCUT2D eigenvalue weighted by Crippen LogP contribution is -2.42. The predicted octanol–water partition coefficient (Wildman–Crippen LogP) is 2.52. The minimum atomic E-state index is -4.00. The largest absolute Gasteiger partial charge is 0.466 e. The molecular weight excluding hydrogens is 372 g/mol. The fourth-order valence-electron chi connectivity index (χ4n) is 2.74. The summed E-state index contributed by atoms with van der Waals surface area (Å²) in [7, 11) is -4.00. The van der Waals surface area contributed by atoms with Gasteiger partial charge in [0, 0.05) is 24.7 Å². The van der Waals surface area contributed by atoms with Crippen molar-refractivity contribution in [2.24, 2.45) is 5.92 Å². The number of nitro benzene ring substituents is 1. The summed E-state index contributed by atoms with van der Waals surface area (Å²) in [6, 6.07) is 2.21. The van der Waals surface area contributed by atoms with Crippen LogP contribution in [0.1, 0.15) is 25.3 Å². The first-order valence-electron chi connectivity index (χ1n) is 7.79. The fraction of sp³-hybridized carbons (Fsp3) is 0.533. The zero-order chi connectivity index (χ0) is 18.8. The molecule has 138 valence electrons.